The minimum atomic E-state index is 0. The van der Waals surface area contributed by atoms with Crippen molar-refractivity contribution in [1.82, 2.24) is 15.0 Å². The maximum absolute atomic E-state index is 5.15. The molecular weight excluding hydrogens is 355 g/mol. The molecule has 0 aliphatic carbocycles. The topological polar surface area (TPSA) is 44.9 Å². The molecule has 1 rings (SSSR count). The van der Waals surface area contributed by atoms with E-state index in [-0.39, 0.29) is 24.0 Å². The molecule has 0 fully saturated rings. The number of hydrogen-bond donors (Lipinski definition) is 0. The van der Waals surface area contributed by atoms with E-state index < -0.39 is 0 Å². The molecule has 5 nitrogen and oxygen atoms in total. The third-order valence-electron chi connectivity index (χ3n) is 2.82. The summed E-state index contributed by atoms with van der Waals surface area (Å²) < 4.78 is 5.15. The monoisotopic (exact) mass is 380 g/mol. The first-order valence-electron chi connectivity index (χ1n) is 6.24. The number of aryl methyl sites for hydroxylation is 2. The van der Waals surface area contributed by atoms with Crippen LogP contribution in [0.5, 0.6) is 0 Å². The highest BCUT2D eigenvalue weighted by atomic mass is 127. The Morgan fingerprint density at radius 3 is 2.16 bits per heavy atom. The van der Waals surface area contributed by atoms with E-state index in [0.717, 1.165) is 36.8 Å². The van der Waals surface area contributed by atoms with Crippen LogP contribution in [0.2, 0.25) is 0 Å². The quantitative estimate of drug-likeness (QED) is 0.348. The summed E-state index contributed by atoms with van der Waals surface area (Å²) in [7, 11) is 8.03. The number of hydrogen-bond acceptors (Lipinski definition) is 3. The maximum Gasteiger partial charge on any atom is 0.195 e. The van der Waals surface area contributed by atoms with Crippen molar-refractivity contribution in [3.63, 3.8) is 0 Å². The first-order valence-corrected chi connectivity index (χ1v) is 6.24. The van der Waals surface area contributed by atoms with Crippen LogP contribution in [0.15, 0.2) is 9.52 Å². The Bertz CT molecular complexity index is 383. The van der Waals surface area contributed by atoms with Gasteiger partial charge in [-0.3, -0.25) is 4.99 Å². The van der Waals surface area contributed by atoms with E-state index in [1.165, 1.54) is 5.56 Å². The zero-order valence-corrected chi connectivity index (χ0v) is 15.1. The summed E-state index contributed by atoms with van der Waals surface area (Å²) in [5.74, 6) is 1.92. The third kappa shape index (κ3) is 5.38. The maximum atomic E-state index is 5.15. The van der Waals surface area contributed by atoms with Gasteiger partial charge in [0, 0.05) is 40.3 Å². The normalized spacial score (nSPS) is 9.79. The Hall–Kier alpha value is -0.790. The second-order valence-corrected chi connectivity index (χ2v) is 4.88. The second-order valence-electron chi connectivity index (χ2n) is 4.88. The van der Waals surface area contributed by atoms with Crippen molar-refractivity contribution in [2.45, 2.75) is 26.7 Å². The van der Waals surface area contributed by atoms with Gasteiger partial charge in [-0.2, -0.15) is 0 Å². The van der Waals surface area contributed by atoms with Crippen LogP contribution in [-0.4, -0.2) is 55.7 Å². The predicted molar refractivity (Wildman–Crippen MR) is 89.4 cm³/mol. The summed E-state index contributed by atoms with van der Waals surface area (Å²) >= 11 is 0. The molecule has 0 unspecified atom stereocenters. The molecule has 0 aliphatic heterocycles. The van der Waals surface area contributed by atoms with Gasteiger partial charge in [-0.1, -0.05) is 5.16 Å². The molecule has 0 bridgehead atoms. The molecule has 0 saturated heterocycles. The average molecular weight is 380 g/mol. The van der Waals surface area contributed by atoms with Crippen molar-refractivity contribution >= 4 is 29.9 Å². The van der Waals surface area contributed by atoms with Crippen LogP contribution in [-0.2, 0) is 6.42 Å². The Morgan fingerprint density at radius 1 is 1.16 bits per heavy atom. The molecule has 0 atom stereocenters. The minimum absolute atomic E-state index is 0. The molecule has 0 radical (unpaired) electrons. The van der Waals surface area contributed by atoms with Gasteiger partial charge < -0.3 is 14.3 Å². The van der Waals surface area contributed by atoms with Crippen molar-refractivity contribution < 1.29 is 4.52 Å². The summed E-state index contributed by atoms with van der Waals surface area (Å²) in [4.78, 5) is 8.65. The minimum Gasteiger partial charge on any atom is -0.361 e. The highest BCUT2D eigenvalue weighted by Gasteiger charge is 2.08. The van der Waals surface area contributed by atoms with Crippen molar-refractivity contribution in [2.75, 3.05) is 34.7 Å². The van der Waals surface area contributed by atoms with Crippen LogP contribution in [0.1, 0.15) is 23.4 Å². The number of aliphatic imine (C=N–C) groups is 1. The van der Waals surface area contributed by atoms with E-state index in [0.29, 0.717) is 0 Å². The van der Waals surface area contributed by atoms with E-state index in [9.17, 15) is 0 Å². The van der Waals surface area contributed by atoms with Crippen LogP contribution in [0.3, 0.4) is 0 Å². The summed E-state index contributed by atoms with van der Waals surface area (Å²) in [5.41, 5.74) is 2.22. The van der Waals surface area contributed by atoms with Gasteiger partial charge in [0.2, 0.25) is 0 Å². The van der Waals surface area contributed by atoms with Crippen molar-refractivity contribution in [3.05, 3.63) is 17.0 Å². The number of nitrogens with zero attached hydrogens (tertiary/aromatic N) is 4. The fourth-order valence-electron chi connectivity index (χ4n) is 1.98. The first-order chi connectivity index (χ1) is 8.43. The van der Waals surface area contributed by atoms with Crippen LogP contribution in [0.25, 0.3) is 0 Å². The zero-order valence-electron chi connectivity index (χ0n) is 12.7. The van der Waals surface area contributed by atoms with E-state index >= 15 is 0 Å². The van der Waals surface area contributed by atoms with Crippen LogP contribution in [0, 0.1) is 13.8 Å². The van der Waals surface area contributed by atoms with Gasteiger partial charge in [0.1, 0.15) is 5.76 Å². The lowest BCUT2D eigenvalue weighted by Crippen LogP contribution is -2.35. The van der Waals surface area contributed by atoms with E-state index in [1.54, 1.807) is 0 Å². The van der Waals surface area contributed by atoms with E-state index in [2.05, 4.69) is 10.1 Å². The number of rotatable bonds is 4. The molecule has 1 aromatic rings. The summed E-state index contributed by atoms with van der Waals surface area (Å²) in [6.07, 6.45) is 1.98. The third-order valence-corrected chi connectivity index (χ3v) is 2.82. The Morgan fingerprint density at radius 2 is 1.74 bits per heavy atom. The largest absolute Gasteiger partial charge is 0.361 e. The molecule has 0 amide bonds. The van der Waals surface area contributed by atoms with Gasteiger partial charge in [0.25, 0.3) is 0 Å². The molecule has 1 heterocycles. The summed E-state index contributed by atoms with van der Waals surface area (Å²) in [5, 5.41) is 3.96. The number of aromatic nitrogens is 1. The fourth-order valence-corrected chi connectivity index (χ4v) is 1.98. The van der Waals surface area contributed by atoms with Crippen LogP contribution < -0.4 is 0 Å². The second kappa shape index (κ2) is 8.39. The molecular formula is C13H25IN4O. The molecule has 110 valence electrons. The first kappa shape index (κ1) is 18.2. The Kier molecular flexibility index (Phi) is 8.05. The SMILES string of the molecule is Cc1noc(C)c1CCCN=C(N(C)C)N(C)C.I. The van der Waals surface area contributed by atoms with Crippen molar-refractivity contribution in [1.29, 1.82) is 0 Å². The van der Waals surface area contributed by atoms with Crippen LogP contribution in [0.4, 0.5) is 0 Å². The van der Waals surface area contributed by atoms with Gasteiger partial charge in [-0.05, 0) is 26.7 Å². The lowest BCUT2D eigenvalue weighted by atomic mass is 10.1. The van der Waals surface area contributed by atoms with Gasteiger partial charge in [0.05, 0.1) is 5.69 Å². The molecule has 6 heteroatoms. The van der Waals surface area contributed by atoms with E-state index in [4.69, 9.17) is 4.52 Å². The molecule has 0 aromatic carbocycles. The smallest absolute Gasteiger partial charge is 0.195 e. The van der Waals surface area contributed by atoms with Crippen molar-refractivity contribution in [2.24, 2.45) is 4.99 Å². The standard InChI is InChI=1S/C13H24N4O.HI/c1-10-12(11(2)18-15-10)8-7-9-14-13(16(3)4)17(5)6;/h7-9H2,1-6H3;1H. The highest BCUT2D eigenvalue weighted by Crippen LogP contribution is 2.14. The van der Waals surface area contributed by atoms with Crippen LogP contribution >= 0.6 is 24.0 Å². The van der Waals surface area contributed by atoms with E-state index in [1.807, 2.05) is 51.8 Å². The molecule has 19 heavy (non-hydrogen) atoms. The van der Waals surface area contributed by atoms with Gasteiger partial charge in [0.15, 0.2) is 5.96 Å². The van der Waals surface area contributed by atoms with Gasteiger partial charge in [-0.15, -0.1) is 24.0 Å². The zero-order chi connectivity index (χ0) is 13.7. The Labute approximate surface area is 133 Å². The molecule has 0 N–H and O–H groups in total. The van der Waals surface area contributed by atoms with Gasteiger partial charge >= 0.3 is 0 Å². The highest BCUT2D eigenvalue weighted by molar-refractivity contribution is 14.0. The molecule has 0 spiro atoms. The number of guanidine groups is 1. The number of halogens is 1. The summed E-state index contributed by atoms with van der Waals surface area (Å²) in [6.45, 7) is 4.76. The lowest BCUT2D eigenvalue weighted by Gasteiger charge is -2.22. The van der Waals surface area contributed by atoms with Crippen molar-refractivity contribution in [3.8, 4) is 0 Å². The lowest BCUT2D eigenvalue weighted by molar-refractivity contribution is 0.392. The molecule has 0 aliphatic rings. The van der Waals surface area contributed by atoms with Gasteiger partial charge in [-0.25, -0.2) is 0 Å². The fraction of sp³-hybridized carbons (Fsp3) is 0.692. The Balaban J connectivity index is 0.00000324. The summed E-state index contributed by atoms with van der Waals surface area (Å²) in [6, 6.07) is 0. The molecule has 1 aromatic heterocycles. The molecule has 0 saturated carbocycles. The average Bonchev–Trinajstić information content (AvgIpc) is 2.58. The predicted octanol–water partition coefficient (Wildman–Crippen LogP) is 2.32.